The van der Waals surface area contributed by atoms with Crippen molar-refractivity contribution in [3.63, 3.8) is 0 Å². The number of carbonyl (C=O) groups is 1. The van der Waals surface area contributed by atoms with Gasteiger partial charge in [-0.15, -0.1) is 0 Å². The lowest BCUT2D eigenvalue weighted by Gasteiger charge is -2.19. The van der Waals surface area contributed by atoms with Crippen LogP contribution < -0.4 is 18.7 Å². The molecule has 0 spiro atoms. The number of nitrogens with zero attached hydrogens (tertiary/aromatic N) is 2. The third kappa shape index (κ3) is 4.14. The van der Waals surface area contributed by atoms with E-state index in [2.05, 4.69) is 9.62 Å². The van der Waals surface area contributed by atoms with Gasteiger partial charge < -0.3 is 9.64 Å². The molecule has 2 aliphatic heterocycles. The lowest BCUT2D eigenvalue weighted by atomic mass is 10.2. The molecular weight excluding hydrogens is 454 g/mol. The molecule has 0 aliphatic carbocycles. The smallest absolute Gasteiger partial charge is 0.265 e. The van der Waals surface area contributed by atoms with Gasteiger partial charge in [0, 0.05) is 24.5 Å². The summed E-state index contributed by atoms with van der Waals surface area (Å²) < 4.78 is 59.5. The molecule has 2 saturated heterocycles. The molecule has 172 valence electrons. The monoisotopic (exact) mass is 479 g/mol. The summed E-state index contributed by atoms with van der Waals surface area (Å²) in [5.41, 5.74) is 1.35. The van der Waals surface area contributed by atoms with E-state index in [0.717, 1.165) is 37.7 Å². The zero-order valence-corrected chi connectivity index (χ0v) is 19.4. The molecule has 1 N–H and O–H groups in total. The molecule has 0 radical (unpaired) electrons. The van der Waals surface area contributed by atoms with Gasteiger partial charge in [-0.1, -0.05) is 6.92 Å². The van der Waals surface area contributed by atoms with Crippen LogP contribution in [0.1, 0.15) is 19.8 Å². The van der Waals surface area contributed by atoms with Crippen LogP contribution in [0.5, 0.6) is 5.75 Å². The van der Waals surface area contributed by atoms with Gasteiger partial charge in [0.2, 0.25) is 15.9 Å². The minimum atomic E-state index is -4.13. The van der Waals surface area contributed by atoms with Crippen LogP contribution in [-0.2, 0) is 24.8 Å². The minimum absolute atomic E-state index is 0.0343. The Morgan fingerprint density at radius 3 is 2.22 bits per heavy atom. The second kappa shape index (κ2) is 8.28. The van der Waals surface area contributed by atoms with Gasteiger partial charge in [0.25, 0.3) is 10.0 Å². The molecule has 1 atom stereocenters. The van der Waals surface area contributed by atoms with Gasteiger partial charge in [0.05, 0.1) is 24.5 Å². The molecule has 0 saturated carbocycles. The van der Waals surface area contributed by atoms with E-state index in [9.17, 15) is 21.6 Å². The van der Waals surface area contributed by atoms with Crippen LogP contribution in [0, 0.1) is 5.92 Å². The quantitative estimate of drug-likeness (QED) is 0.677. The SMILES string of the molecule is COc1ccc(N2C(=O)C(C)CS2(=O)=O)cc1S(=O)(=O)Nc1ccc(N2CCCC2)cc1. The molecule has 2 aromatic carbocycles. The molecule has 2 aromatic rings. The predicted molar refractivity (Wildman–Crippen MR) is 122 cm³/mol. The summed E-state index contributed by atoms with van der Waals surface area (Å²) in [6, 6.07) is 10.9. The highest BCUT2D eigenvalue weighted by Gasteiger charge is 2.42. The Balaban J connectivity index is 1.65. The fraction of sp³-hybridized carbons (Fsp3) is 0.381. The second-order valence-electron chi connectivity index (χ2n) is 7.96. The van der Waals surface area contributed by atoms with Gasteiger partial charge in [-0.05, 0) is 55.3 Å². The first-order valence-electron chi connectivity index (χ1n) is 10.2. The highest BCUT2D eigenvalue weighted by Crippen LogP contribution is 2.35. The van der Waals surface area contributed by atoms with E-state index in [-0.39, 0.29) is 22.1 Å². The number of hydrogen-bond acceptors (Lipinski definition) is 7. The summed E-state index contributed by atoms with van der Waals surface area (Å²) in [7, 11) is -6.68. The topological polar surface area (TPSA) is 113 Å². The van der Waals surface area contributed by atoms with Gasteiger partial charge in [0.15, 0.2) is 0 Å². The first-order chi connectivity index (χ1) is 15.1. The van der Waals surface area contributed by atoms with Crippen molar-refractivity contribution in [2.24, 2.45) is 5.92 Å². The Morgan fingerprint density at radius 1 is 1.03 bits per heavy atom. The molecule has 1 amide bonds. The van der Waals surface area contributed by atoms with Crippen molar-refractivity contribution in [1.82, 2.24) is 0 Å². The Hall–Kier alpha value is -2.79. The Morgan fingerprint density at radius 2 is 1.66 bits per heavy atom. The van der Waals surface area contributed by atoms with E-state index in [1.165, 1.54) is 26.2 Å². The molecule has 32 heavy (non-hydrogen) atoms. The van der Waals surface area contributed by atoms with Gasteiger partial charge in [-0.2, -0.15) is 0 Å². The van der Waals surface area contributed by atoms with Gasteiger partial charge in [-0.3, -0.25) is 9.52 Å². The third-order valence-electron chi connectivity index (χ3n) is 5.62. The van der Waals surface area contributed by atoms with Crippen LogP contribution in [0.2, 0.25) is 0 Å². The number of nitrogens with one attached hydrogen (secondary N) is 1. The summed E-state index contributed by atoms with van der Waals surface area (Å²) in [5, 5.41) is 0. The van der Waals surface area contributed by atoms with Crippen LogP contribution >= 0.6 is 0 Å². The first kappa shape index (κ1) is 22.4. The number of sulfonamides is 2. The third-order valence-corrected chi connectivity index (χ3v) is 8.89. The highest BCUT2D eigenvalue weighted by atomic mass is 32.2. The zero-order chi connectivity index (χ0) is 23.1. The zero-order valence-electron chi connectivity index (χ0n) is 17.8. The molecule has 2 fully saturated rings. The number of carbonyl (C=O) groups excluding carboxylic acids is 1. The maximum atomic E-state index is 13.1. The molecule has 9 nitrogen and oxygen atoms in total. The van der Waals surface area contributed by atoms with Crippen molar-refractivity contribution in [3.05, 3.63) is 42.5 Å². The van der Waals surface area contributed by atoms with Crippen LogP contribution in [0.15, 0.2) is 47.4 Å². The number of anilines is 3. The summed E-state index contributed by atoms with van der Waals surface area (Å²) in [4.78, 5) is 14.4. The number of methoxy groups -OCH3 is 1. The van der Waals surface area contributed by atoms with Crippen molar-refractivity contribution >= 4 is 43.0 Å². The van der Waals surface area contributed by atoms with Crippen LogP contribution in [0.4, 0.5) is 17.1 Å². The molecular formula is C21H25N3O6S2. The maximum absolute atomic E-state index is 13.1. The van der Waals surface area contributed by atoms with Gasteiger partial charge in [0.1, 0.15) is 10.6 Å². The Bertz CT molecular complexity index is 1240. The van der Waals surface area contributed by atoms with E-state index >= 15 is 0 Å². The fourth-order valence-corrected chi connectivity index (χ4v) is 7.08. The summed E-state index contributed by atoms with van der Waals surface area (Å²) in [5.74, 6) is -1.58. The number of amides is 1. The first-order valence-corrected chi connectivity index (χ1v) is 13.3. The maximum Gasteiger partial charge on any atom is 0.265 e. The van der Waals surface area contributed by atoms with E-state index in [1.54, 1.807) is 12.1 Å². The largest absolute Gasteiger partial charge is 0.495 e. The normalized spacial score (nSPS) is 20.6. The van der Waals surface area contributed by atoms with Crippen LogP contribution in [0.3, 0.4) is 0 Å². The fourth-order valence-electron chi connectivity index (χ4n) is 4.01. The minimum Gasteiger partial charge on any atom is -0.495 e. The lowest BCUT2D eigenvalue weighted by molar-refractivity contribution is -0.119. The number of benzene rings is 2. The van der Waals surface area contributed by atoms with E-state index < -0.39 is 31.9 Å². The van der Waals surface area contributed by atoms with Crippen molar-refractivity contribution in [3.8, 4) is 5.75 Å². The van der Waals surface area contributed by atoms with Crippen LogP contribution in [-0.4, -0.2) is 48.7 Å². The molecule has 1 unspecified atom stereocenters. The standard InChI is InChI=1S/C21H25N3O6S2/c1-15-14-31(26,27)24(21(15)25)18-9-10-19(30-2)20(13-18)32(28,29)22-16-5-7-17(8-6-16)23-11-3-4-12-23/h5-10,13,15,22H,3-4,11-12,14H2,1-2H3. The average Bonchev–Trinajstić information content (AvgIpc) is 3.34. The second-order valence-corrected chi connectivity index (χ2v) is 11.5. The van der Waals surface area contributed by atoms with E-state index in [0.29, 0.717) is 9.99 Å². The van der Waals surface area contributed by atoms with Crippen molar-refractivity contribution in [2.45, 2.75) is 24.7 Å². The summed E-state index contributed by atoms with van der Waals surface area (Å²) >= 11 is 0. The Labute approximate surface area is 188 Å². The molecule has 4 rings (SSSR count). The molecule has 11 heteroatoms. The van der Waals surface area contributed by atoms with Crippen molar-refractivity contribution in [2.75, 3.05) is 39.9 Å². The van der Waals surface area contributed by atoms with Crippen molar-refractivity contribution in [1.29, 1.82) is 0 Å². The molecule has 0 aromatic heterocycles. The average molecular weight is 480 g/mol. The van der Waals surface area contributed by atoms with Gasteiger partial charge in [-0.25, -0.2) is 21.1 Å². The summed E-state index contributed by atoms with van der Waals surface area (Å²) in [6.45, 7) is 3.48. The number of rotatable bonds is 6. The number of ether oxygens (including phenoxy) is 1. The lowest BCUT2D eigenvalue weighted by Crippen LogP contribution is -2.30. The molecule has 2 aliphatic rings. The van der Waals surface area contributed by atoms with Gasteiger partial charge >= 0.3 is 0 Å². The van der Waals surface area contributed by atoms with Crippen molar-refractivity contribution < 1.29 is 26.4 Å². The Kier molecular flexibility index (Phi) is 5.80. The molecule has 0 bridgehead atoms. The van der Waals surface area contributed by atoms with E-state index in [4.69, 9.17) is 4.74 Å². The summed E-state index contributed by atoms with van der Waals surface area (Å²) in [6.07, 6.45) is 2.27. The van der Waals surface area contributed by atoms with E-state index in [1.807, 2.05) is 12.1 Å². The predicted octanol–water partition coefficient (Wildman–Crippen LogP) is 2.41. The van der Waals surface area contributed by atoms with Crippen LogP contribution in [0.25, 0.3) is 0 Å². The highest BCUT2D eigenvalue weighted by molar-refractivity contribution is 7.94. The molecule has 2 heterocycles. The number of hydrogen-bond donors (Lipinski definition) is 1.